The average molecular weight is 388 g/mol. The first-order chi connectivity index (χ1) is 12.3. The number of nitro groups is 1. The minimum Gasteiger partial charge on any atom is -0.327 e. The number of hydrogen-bond acceptors (Lipinski definition) is 4. The number of hydrogen-bond donors (Lipinski definition) is 1. The first-order valence-corrected chi connectivity index (χ1v) is 8.44. The molecule has 0 spiro atoms. The molecule has 1 heterocycles. The second kappa shape index (κ2) is 6.86. The molecule has 1 fully saturated rings. The van der Waals surface area contributed by atoms with Crippen LogP contribution in [0.15, 0.2) is 42.1 Å². The lowest BCUT2D eigenvalue weighted by atomic mass is 10.1. The molecule has 1 saturated heterocycles. The molecule has 132 valence electrons. The van der Waals surface area contributed by atoms with Crippen molar-refractivity contribution in [2.75, 3.05) is 4.90 Å². The molecule has 3 rings (SSSR count). The summed E-state index contributed by atoms with van der Waals surface area (Å²) in [4.78, 5) is 24.6. The van der Waals surface area contributed by atoms with E-state index in [0.29, 0.717) is 16.3 Å². The van der Waals surface area contributed by atoms with Gasteiger partial charge in [-0.1, -0.05) is 17.7 Å². The molecule has 1 amide bonds. The molecule has 2 aromatic carbocycles. The predicted molar refractivity (Wildman–Crippen MR) is 105 cm³/mol. The summed E-state index contributed by atoms with van der Waals surface area (Å²) in [6.07, 6.45) is 1.46. The topological polar surface area (TPSA) is 75.5 Å². The Kier molecular flexibility index (Phi) is 4.76. The monoisotopic (exact) mass is 387 g/mol. The molecule has 1 aliphatic heterocycles. The Morgan fingerprint density at radius 2 is 1.85 bits per heavy atom. The summed E-state index contributed by atoms with van der Waals surface area (Å²) in [7, 11) is 0. The van der Waals surface area contributed by atoms with Crippen LogP contribution in [0.2, 0.25) is 5.02 Å². The summed E-state index contributed by atoms with van der Waals surface area (Å²) < 4.78 is 0. The van der Waals surface area contributed by atoms with Gasteiger partial charge in [0.2, 0.25) is 0 Å². The van der Waals surface area contributed by atoms with Gasteiger partial charge in [0, 0.05) is 22.7 Å². The molecular formula is C18H14ClN3O3S. The maximum Gasteiger partial charge on any atom is 0.281 e. The molecule has 26 heavy (non-hydrogen) atoms. The van der Waals surface area contributed by atoms with E-state index in [-0.39, 0.29) is 22.4 Å². The van der Waals surface area contributed by atoms with E-state index in [4.69, 9.17) is 23.8 Å². The number of benzene rings is 2. The molecule has 8 heteroatoms. The van der Waals surface area contributed by atoms with Gasteiger partial charge in [-0.15, -0.1) is 0 Å². The second-order valence-electron chi connectivity index (χ2n) is 5.94. The van der Waals surface area contributed by atoms with Gasteiger partial charge in [0.1, 0.15) is 5.70 Å². The lowest BCUT2D eigenvalue weighted by molar-refractivity contribution is -0.384. The molecular weight excluding hydrogens is 374 g/mol. The third-order valence-corrected chi connectivity index (χ3v) is 4.46. The zero-order valence-corrected chi connectivity index (χ0v) is 15.5. The Bertz CT molecular complexity index is 967. The van der Waals surface area contributed by atoms with Crippen molar-refractivity contribution in [2.24, 2.45) is 0 Å². The third-order valence-electron chi connectivity index (χ3n) is 3.83. The summed E-state index contributed by atoms with van der Waals surface area (Å²) in [5, 5.41) is 14.3. The van der Waals surface area contributed by atoms with Crippen LogP contribution in [-0.4, -0.2) is 15.9 Å². The van der Waals surface area contributed by atoms with E-state index in [0.717, 1.165) is 11.1 Å². The zero-order valence-electron chi connectivity index (χ0n) is 13.9. The van der Waals surface area contributed by atoms with Gasteiger partial charge in [-0.05, 0) is 61.5 Å². The van der Waals surface area contributed by atoms with Crippen LogP contribution in [-0.2, 0) is 4.79 Å². The van der Waals surface area contributed by atoms with Crippen LogP contribution in [0.5, 0.6) is 0 Å². The number of carbonyl (C=O) groups excluding carboxylic acids is 1. The molecule has 0 radical (unpaired) electrons. The average Bonchev–Trinajstić information content (AvgIpc) is 2.82. The van der Waals surface area contributed by atoms with Gasteiger partial charge in [-0.2, -0.15) is 0 Å². The summed E-state index contributed by atoms with van der Waals surface area (Å²) in [6, 6.07) is 9.77. The predicted octanol–water partition coefficient (Wildman–Crippen LogP) is 4.13. The Morgan fingerprint density at radius 3 is 2.46 bits per heavy atom. The Labute approximate surface area is 160 Å². The van der Waals surface area contributed by atoms with Crippen LogP contribution in [0.1, 0.15) is 16.7 Å². The van der Waals surface area contributed by atoms with E-state index in [1.165, 1.54) is 29.2 Å². The van der Waals surface area contributed by atoms with Crippen molar-refractivity contribution in [1.29, 1.82) is 0 Å². The molecule has 0 unspecified atom stereocenters. The van der Waals surface area contributed by atoms with Gasteiger partial charge in [-0.25, -0.2) is 0 Å². The summed E-state index contributed by atoms with van der Waals surface area (Å²) >= 11 is 11.4. The number of aryl methyl sites for hydroxylation is 2. The first kappa shape index (κ1) is 18.0. The lowest BCUT2D eigenvalue weighted by Crippen LogP contribution is -2.30. The number of nitrogens with zero attached hydrogens (tertiary/aromatic N) is 2. The van der Waals surface area contributed by atoms with Crippen LogP contribution >= 0.6 is 23.8 Å². The molecule has 1 N–H and O–H groups in total. The van der Waals surface area contributed by atoms with Gasteiger partial charge in [-0.3, -0.25) is 19.8 Å². The van der Waals surface area contributed by atoms with Crippen molar-refractivity contribution in [2.45, 2.75) is 13.8 Å². The van der Waals surface area contributed by atoms with Crippen molar-refractivity contribution < 1.29 is 9.72 Å². The fraction of sp³-hybridized carbons (Fsp3) is 0.111. The molecule has 0 atom stereocenters. The quantitative estimate of drug-likeness (QED) is 0.371. The summed E-state index contributed by atoms with van der Waals surface area (Å²) in [5.41, 5.74) is 3.14. The summed E-state index contributed by atoms with van der Waals surface area (Å²) in [5.74, 6) is -0.345. The van der Waals surface area contributed by atoms with Gasteiger partial charge in [0.25, 0.3) is 11.6 Å². The molecule has 0 saturated carbocycles. The number of thiocarbonyl (C=S) groups is 1. The molecule has 0 bridgehead atoms. The maximum atomic E-state index is 12.8. The van der Waals surface area contributed by atoms with Crippen molar-refractivity contribution in [1.82, 2.24) is 5.32 Å². The van der Waals surface area contributed by atoms with E-state index < -0.39 is 4.92 Å². The number of nitrogens with one attached hydrogen (secondary N) is 1. The van der Waals surface area contributed by atoms with Crippen LogP contribution < -0.4 is 10.2 Å². The molecule has 2 aromatic rings. The van der Waals surface area contributed by atoms with E-state index in [1.54, 1.807) is 0 Å². The minimum absolute atomic E-state index is 0.111. The van der Waals surface area contributed by atoms with Gasteiger partial charge >= 0.3 is 0 Å². The highest BCUT2D eigenvalue weighted by molar-refractivity contribution is 7.80. The number of anilines is 1. The van der Waals surface area contributed by atoms with E-state index in [2.05, 4.69) is 5.32 Å². The van der Waals surface area contributed by atoms with Crippen molar-refractivity contribution >= 4 is 52.3 Å². The molecule has 0 aliphatic carbocycles. The van der Waals surface area contributed by atoms with Crippen molar-refractivity contribution in [3.05, 3.63) is 73.9 Å². The largest absolute Gasteiger partial charge is 0.327 e. The highest BCUT2D eigenvalue weighted by Gasteiger charge is 2.32. The van der Waals surface area contributed by atoms with Crippen LogP contribution in [0.3, 0.4) is 0 Å². The standard InChI is InChI=1S/C18H14ClN3O3S/c1-10-5-11(2)7-14(6-10)21-17(23)16(20-18(21)26)9-12-8-13(22(24)25)3-4-15(12)19/h3-9H,1-2H3,(H,20,26)/b16-9+. The second-order valence-corrected chi connectivity index (χ2v) is 6.73. The molecule has 0 aromatic heterocycles. The van der Waals surface area contributed by atoms with E-state index >= 15 is 0 Å². The fourth-order valence-electron chi connectivity index (χ4n) is 2.76. The highest BCUT2D eigenvalue weighted by Crippen LogP contribution is 2.28. The van der Waals surface area contributed by atoms with Gasteiger partial charge < -0.3 is 5.32 Å². The number of amides is 1. The molecule has 6 nitrogen and oxygen atoms in total. The smallest absolute Gasteiger partial charge is 0.281 e. The van der Waals surface area contributed by atoms with Gasteiger partial charge in [0.15, 0.2) is 5.11 Å². The number of nitro benzene ring substituents is 1. The third kappa shape index (κ3) is 3.44. The number of halogens is 1. The fourth-order valence-corrected chi connectivity index (χ4v) is 3.23. The van der Waals surface area contributed by atoms with Crippen LogP contribution in [0.4, 0.5) is 11.4 Å². The molecule has 1 aliphatic rings. The minimum atomic E-state index is -0.519. The number of rotatable bonds is 3. The van der Waals surface area contributed by atoms with E-state index in [1.807, 2.05) is 32.0 Å². The lowest BCUT2D eigenvalue weighted by Gasteiger charge is -2.15. The Morgan fingerprint density at radius 1 is 1.19 bits per heavy atom. The van der Waals surface area contributed by atoms with Crippen molar-refractivity contribution in [3.8, 4) is 0 Å². The van der Waals surface area contributed by atoms with Crippen LogP contribution in [0.25, 0.3) is 6.08 Å². The Hall–Kier alpha value is -2.77. The van der Waals surface area contributed by atoms with E-state index in [9.17, 15) is 14.9 Å². The van der Waals surface area contributed by atoms with Gasteiger partial charge in [0.05, 0.1) is 10.6 Å². The maximum absolute atomic E-state index is 12.8. The number of carbonyl (C=O) groups is 1. The zero-order chi connectivity index (χ0) is 19.0. The normalized spacial score (nSPS) is 15.5. The SMILES string of the molecule is Cc1cc(C)cc(N2C(=O)/C(=C\c3cc([N+](=O)[O-])ccc3Cl)NC2=S)c1. The Balaban J connectivity index is 2.00. The summed E-state index contributed by atoms with van der Waals surface area (Å²) in [6.45, 7) is 3.88. The van der Waals surface area contributed by atoms with Crippen molar-refractivity contribution in [3.63, 3.8) is 0 Å². The highest BCUT2D eigenvalue weighted by atomic mass is 35.5. The first-order valence-electron chi connectivity index (χ1n) is 7.65. The van der Waals surface area contributed by atoms with Crippen LogP contribution in [0, 0.1) is 24.0 Å². The number of non-ortho nitro benzene ring substituents is 1.